The maximum atomic E-state index is 2.50. The van der Waals surface area contributed by atoms with Crippen LogP contribution in [0.2, 0.25) is 0 Å². The normalized spacial score (nSPS) is 21.4. The molecular weight excluding hydrogens is 184 g/mol. The molecule has 0 nitrogen and oxygen atoms in total. The third-order valence-corrected chi connectivity index (χ3v) is 6.53. The molecule has 0 aliphatic carbocycles. The Balaban J connectivity index is 2.41. The van der Waals surface area contributed by atoms with Gasteiger partial charge in [0.05, 0.1) is 0 Å². The lowest BCUT2D eigenvalue weighted by Gasteiger charge is -2.08. The van der Waals surface area contributed by atoms with Crippen molar-refractivity contribution in [2.24, 2.45) is 0 Å². The molecule has 1 aromatic carbocycles. The Labute approximate surface area is 87.6 Å². The molecule has 1 heterocycles. The quantitative estimate of drug-likeness (QED) is 0.611. The van der Waals surface area contributed by atoms with Crippen molar-refractivity contribution in [1.82, 2.24) is 0 Å². The van der Waals surface area contributed by atoms with Crippen LogP contribution >= 0.6 is 0 Å². The van der Waals surface area contributed by atoms with E-state index in [2.05, 4.69) is 56.8 Å². The average molecular weight is 200 g/mol. The van der Waals surface area contributed by atoms with Crippen LogP contribution in [0.5, 0.6) is 0 Å². The van der Waals surface area contributed by atoms with Gasteiger partial charge in [-0.1, -0.05) is 57.6 Å². The first-order valence-corrected chi connectivity index (χ1v) is 6.93. The van der Waals surface area contributed by atoms with Crippen LogP contribution in [0.1, 0.15) is 20.8 Å². The molecule has 1 heteroatoms. The van der Waals surface area contributed by atoms with Gasteiger partial charge in [0, 0.05) is 0 Å². The van der Waals surface area contributed by atoms with Gasteiger partial charge in [-0.3, -0.25) is 0 Å². The Morgan fingerprint density at radius 1 is 0.929 bits per heavy atom. The van der Waals surface area contributed by atoms with Crippen LogP contribution < -0.4 is 5.19 Å². The van der Waals surface area contributed by atoms with Crippen molar-refractivity contribution >= 4 is 14.0 Å². The maximum absolute atomic E-state index is 2.50. The molecule has 2 rings (SSSR count). The van der Waals surface area contributed by atoms with E-state index in [4.69, 9.17) is 0 Å². The lowest BCUT2D eigenvalue weighted by molar-refractivity contribution is 1.34. The molecule has 0 saturated carbocycles. The van der Waals surface area contributed by atoms with E-state index in [1.807, 2.05) is 0 Å². The molecule has 1 atom stereocenters. The highest BCUT2D eigenvalue weighted by Gasteiger charge is 2.20. The van der Waals surface area contributed by atoms with Gasteiger partial charge in [0.25, 0.3) is 0 Å². The molecular formula is C13H16Si. The van der Waals surface area contributed by atoms with Crippen molar-refractivity contribution in [1.29, 1.82) is 0 Å². The molecule has 0 saturated heterocycles. The van der Waals surface area contributed by atoms with Gasteiger partial charge in [0.15, 0.2) is 0 Å². The fraction of sp³-hybridized carbons (Fsp3) is 0.231. The van der Waals surface area contributed by atoms with Crippen LogP contribution in [0.3, 0.4) is 0 Å². The van der Waals surface area contributed by atoms with E-state index in [-0.39, 0.29) is 0 Å². The van der Waals surface area contributed by atoms with Gasteiger partial charge in [-0.15, -0.1) is 0 Å². The van der Waals surface area contributed by atoms with Gasteiger partial charge in [-0.2, -0.15) is 0 Å². The summed E-state index contributed by atoms with van der Waals surface area (Å²) in [5.41, 5.74) is 5.51. The number of hydrogen-bond donors (Lipinski definition) is 0. The first kappa shape index (κ1) is 9.47. The van der Waals surface area contributed by atoms with Crippen molar-refractivity contribution < 1.29 is 0 Å². The highest BCUT2D eigenvalue weighted by Crippen LogP contribution is 2.23. The predicted octanol–water partition coefficient (Wildman–Crippen LogP) is 2.50. The highest BCUT2D eigenvalue weighted by molar-refractivity contribution is 6.85. The van der Waals surface area contributed by atoms with Gasteiger partial charge in [0.1, 0.15) is 8.80 Å². The van der Waals surface area contributed by atoms with E-state index in [0.717, 1.165) is 0 Å². The van der Waals surface area contributed by atoms with Crippen LogP contribution in [0.25, 0.3) is 0 Å². The van der Waals surface area contributed by atoms with Crippen molar-refractivity contribution in [2.75, 3.05) is 0 Å². The fourth-order valence-corrected chi connectivity index (χ4v) is 5.07. The minimum atomic E-state index is -0.932. The Bertz CT molecular complexity index is 399. The van der Waals surface area contributed by atoms with E-state index in [1.54, 1.807) is 10.4 Å². The largest absolute Gasteiger partial charge is 0.121 e. The highest BCUT2D eigenvalue weighted by atomic mass is 28.3. The summed E-state index contributed by atoms with van der Waals surface area (Å²) >= 11 is 0. The van der Waals surface area contributed by atoms with Crippen molar-refractivity contribution in [2.45, 2.75) is 20.8 Å². The summed E-state index contributed by atoms with van der Waals surface area (Å²) < 4.78 is 0. The minimum absolute atomic E-state index is 0.932. The third-order valence-electron chi connectivity index (χ3n) is 3.22. The maximum Gasteiger partial charge on any atom is 0.121 e. The molecule has 1 unspecified atom stereocenters. The predicted molar refractivity (Wildman–Crippen MR) is 65.4 cm³/mol. The van der Waals surface area contributed by atoms with Crippen LogP contribution in [0, 0.1) is 0 Å². The molecule has 0 fully saturated rings. The Kier molecular flexibility index (Phi) is 2.42. The van der Waals surface area contributed by atoms with Gasteiger partial charge in [-0.05, 0) is 20.8 Å². The van der Waals surface area contributed by atoms with Crippen molar-refractivity contribution in [3.63, 3.8) is 0 Å². The molecule has 1 aliphatic rings. The van der Waals surface area contributed by atoms with Crippen molar-refractivity contribution in [3.05, 3.63) is 52.4 Å². The number of benzene rings is 1. The SMILES string of the molecule is CC1=C[SiH](c2ccccc2)C(C)=C1C. The first-order chi connectivity index (χ1) is 6.70. The molecule has 0 amide bonds. The van der Waals surface area contributed by atoms with Gasteiger partial charge in [0.2, 0.25) is 0 Å². The topological polar surface area (TPSA) is 0 Å². The number of hydrogen-bond acceptors (Lipinski definition) is 0. The fourth-order valence-electron chi connectivity index (χ4n) is 2.05. The van der Waals surface area contributed by atoms with Gasteiger partial charge in [-0.25, -0.2) is 0 Å². The number of rotatable bonds is 1. The zero-order valence-electron chi connectivity index (χ0n) is 9.04. The zero-order valence-corrected chi connectivity index (χ0v) is 10.2. The minimum Gasteiger partial charge on any atom is -0.0859 e. The van der Waals surface area contributed by atoms with Crippen molar-refractivity contribution in [3.8, 4) is 0 Å². The average Bonchev–Trinajstić information content (AvgIpc) is 2.47. The molecule has 14 heavy (non-hydrogen) atoms. The first-order valence-electron chi connectivity index (χ1n) is 5.11. The number of allylic oxidation sites excluding steroid dienone is 3. The molecule has 0 N–H and O–H groups in total. The smallest absolute Gasteiger partial charge is 0.0859 e. The standard InChI is InChI=1S/C13H16Si/c1-10-9-14(12(3)11(10)2)13-7-5-4-6-8-13/h4-9,14H,1-3H3. The van der Waals surface area contributed by atoms with Gasteiger partial charge < -0.3 is 0 Å². The van der Waals surface area contributed by atoms with E-state index in [9.17, 15) is 0 Å². The summed E-state index contributed by atoms with van der Waals surface area (Å²) in [6.45, 7) is 6.78. The van der Waals surface area contributed by atoms with Crippen LogP contribution in [0.4, 0.5) is 0 Å². The second-order valence-corrected chi connectivity index (χ2v) is 6.87. The Hall–Kier alpha value is -1.08. The van der Waals surface area contributed by atoms with E-state index in [0.29, 0.717) is 0 Å². The summed E-state index contributed by atoms with van der Waals surface area (Å²) in [7, 11) is -0.932. The van der Waals surface area contributed by atoms with Crippen LogP contribution in [0.15, 0.2) is 52.4 Å². The lowest BCUT2D eigenvalue weighted by Crippen LogP contribution is -2.28. The summed E-state index contributed by atoms with van der Waals surface area (Å²) in [4.78, 5) is 0. The molecule has 0 bridgehead atoms. The summed E-state index contributed by atoms with van der Waals surface area (Å²) in [5, 5.41) is 3.18. The summed E-state index contributed by atoms with van der Waals surface area (Å²) in [5.74, 6) is 0. The Morgan fingerprint density at radius 3 is 2.07 bits per heavy atom. The molecule has 72 valence electrons. The Morgan fingerprint density at radius 2 is 1.57 bits per heavy atom. The molecule has 1 aliphatic heterocycles. The zero-order chi connectivity index (χ0) is 10.1. The monoisotopic (exact) mass is 200 g/mol. The lowest BCUT2D eigenvalue weighted by atomic mass is 10.1. The van der Waals surface area contributed by atoms with Crippen LogP contribution in [-0.2, 0) is 0 Å². The second kappa shape index (κ2) is 3.58. The van der Waals surface area contributed by atoms with E-state index < -0.39 is 8.80 Å². The van der Waals surface area contributed by atoms with E-state index in [1.165, 1.54) is 11.1 Å². The molecule has 0 spiro atoms. The third kappa shape index (κ3) is 1.48. The van der Waals surface area contributed by atoms with E-state index >= 15 is 0 Å². The summed E-state index contributed by atoms with van der Waals surface area (Å²) in [6.07, 6.45) is 0. The molecule has 0 radical (unpaired) electrons. The van der Waals surface area contributed by atoms with Crippen LogP contribution in [-0.4, -0.2) is 8.80 Å². The second-order valence-electron chi connectivity index (χ2n) is 4.05. The van der Waals surface area contributed by atoms with Gasteiger partial charge >= 0.3 is 0 Å². The summed E-state index contributed by atoms with van der Waals surface area (Å²) in [6, 6.07) is 10.9. The molecule has 1 aromatic rings. The molecule has 0 aromatic heterocycles.